The lowest BCUT2D eigenvalue weighted by Crippen LogP contribution is -2.49. The SMILES string of the molecule is C#CCC(C)NC(=O)N(CC(=O)O)C1CCCC1. The summed E-state index contributed by atoms with van der Waals surface area (Å²) in [6.07, 6.45) is 9.47. The van der Waals surface area contributed by atoms with Crippen LogP contribution in [0.4, 0.5) is 4.79 Å². The molecule has 1 fully saturated rings. The number of carboxylic acid groups (broad SMARTS) is 1. The van der Waals surface area contributed by atoms with Crippen LogP contribution in [0.25, 0.3) is 0 Å². The summed E-state index contributed by atoms with van der Waals surface area (Å²) < 4.78 is 0. The molecule has 0 aromatic rings. The maximum atomic E-state index is 12.0. The summed E-state index contributed by atoms with van der Waals surface area (Å²) in [5.74, 6) is 1.49. The smallest absolute Gasteiger partial charge is 0.323 e. The second-order valence-electron chi connectivity index (χ2n) is 4.72. The maximum Gasteiger partial charge on any atom is 0.323 e. The highest BCUT2D eigenvalue weighted by Gasteiger charge is 2.28. The van der Waals surface area contributed by atoms with E-state index < -0.39 is 5.97 Å². The van der Waals surface area contributed by atoms with E-state index in [-0.39, 0.29) is 24.7 Å². The van der Waals surface area contributed by atoms with Crippen LogP contribution in [0.15, 0.2) is 0 Å². The van der Waals surface area contributed by atoms with Crippen LogP contribution in [0, 0.1) is 12.3 Å². The Hall–Kier alpha value is -1.70. The third-order valence-electron chi connectivity index (χ3n) is 3.13. The van der Waals surface area contributed by atoms with Crippen molar-refractivity contribution in [3.05, 3.63) is 0 Å². The van der Waals surface area contributed by atoms with Crippen LogP contribution in [0.1, 0.15) is 39.0 Å². The van der Waals surface area contributed by atoms with Crippen LogP contribution >= 0.6 is 0 Å². The first-order valence-electron chi connectivity index (χ1n) is 6.27. The third kappa shape index (κ3) is 4.28. The maximum absolute atomic E-state index is 12.0. The summed E-state index contributed by atoms with van der Waals surface area (Å²) in [7, 11) is 0. The van der Waals surface area contributed by atoms with Crippen LogP contribution in [0.5, 0.6) is 0 Å². The molecule has 0 saturated heterocycles. The van der Waals surface area contributed by atoms with E-state index in [4.69, 9.17) is 11.5 Å². The Bertz CT molecular complexity index is 343. The summed E-state index contributed by atoms with van der Waals surface area (Å²) in [4.78, 5) is 24.3. The molecule has 0 radical (unpaired) electrons. The van der Waals surface area contributed by atoms with Crippen molar-refractivity contribution >= 4 is 12.0 Å². The molecule has 5 nitrogen and oxygen atoms in total. The lowest BCUT2D eigenvalue weighted by molar-refractivity contribution is -0.138. The van der Waals surface area contributed by atoms with E-state index in [1.807, 2.05) is 6.92 Å². The van der Waals surface area contributed by atoms with Gasteiger partial charge in [-0.1, -0.05) is 12.8 Å². The zero-order valence-corrected chi connectivity index (χ0v) is 10.7. The van der Waals surface area contributed by atoms with Gasteiger partial charge in [0, 0.05) is 18.5 Å². The molecule has 0 bridgehead atoms. The molecular formula is C13H20N2O3. The number of carbonyl (C=O) groups is 2. The number of carboxylic acids is 1. The minimum absolute atomic E-state index is 0.0409. The molecule has 0 aliphatic heterocycles. The Balaban J connectivity index is 2.60. The number of amides is 2. The number of terminal acetylenes is 1. The van der Waals surface area contributed by atoms with Gasteiger partial charge in [-0.25, -0.2) is 4.79 Å². The topological polar surface area (TPSA) is 69.6 Å². The van der Waals surface area contributed by atoms with Crippen molar-refractivity contribution in [3.8, 4) is 12.3 Å². The van der Waals surface area contributed by atoms with Crippen LogP contribution in [-0.2, 0) is 4.79 Å². The predicted octanol–water partition coefficient (Wildman–Crippen LogP) is 1.44. The molecule has 0 heterocycles. The minimum Gasteiger partial charge on any atom is -0.480 e. The second-order valence-corrected chi connectivity index (χ2v) is 4.72. The summed E-state index contributed by atoms with van der Waals surface area (Å²) in [6.45, 7) is 1.56. The van der Waals surface area contributed by atoms with Crippen LogP contribution in [-0.4, -0.2) is 40.6 Å². The van der Waals surface area contributed by atoms with Crippen molar-refractivity contribution in [2.75, 3.05) is 6.54 Å². The molecule has 1 rings (SSSR count). The van der Waals surface area contributed by atoms with Gasteiger partial charge in [-0.3, -0.25) is 4.79 Å². The van der Waals surface area contributed by atoms with Crippen LogP contribution in [0.2, 0.25) is 0 Å². The van der Waals surface area contributed by atoms with Gasteiger partial charge in [0.15, 0.2) is 0 Å². The molecule has 1 saturated carbocycles. The highest BCUT2D eigenvalue weighted by molar-refractivity contribution is 5.80. The predicted molar refractivity (Wildman–Crippen MR) is 68.0 cm³/mol. The van der Waals surface area contributed by atoms with Crippen molar-refractivity contribution in [1.29, 1.82) is 0 Å². The van der Waals surface area contributed by atoms with Gasteiger partial charge in [0.2, 0.25) is 0 Å². The Labute approximate surface area is 108 Å². The first kappa shape index (κ1) is 14.4. The van der Waals surface area contributed by atoms with E-state index in [0.717, 1.165) is 25.7 Å². The fraction of sp³-hybridized carbons (Fsp3) is 0.692. The minimum atomic E-state index is -0.985. The average molecular weight is 252 g/mol. The lowest BCUT2D eigenvalue weighted by Gasteiger charge is -2.28. The number of hydrogen-bond acceptors (Lipinski definition) is 2. The quantitative estimate of drug-likeness (QED) is 0.727. The number of nitrogens with one attached hydrogen (secondary N) is 1. The number of nitrogens with zero attached hydrogens (tertiary/aromatic N) is 1. The first-order chi connectivity index (χ1) is 8.54. The number of carbonyl (C=O) groups excluding carboxylic acids is 1. The normalized spacial score (nSPS) is 16.9. The first-order valence-corrected chi connectivity index (χ1v) is 6.27. The van der Waals surface area contributed by atoms with Crippen molar-refractivity contribution in [3.63, 3.8) is 0 Å². The van der Waals surface area contributed by atoms with Gasteiger partial charge in [-0.15, -0.1) is 12.3 Å². The summed E-state index contributed by atoms with van der Waals surface area (Å²) in [5.41, 5.74) is 0. The Morgan fingerprint density at radius 1 is 1.50 bits per heavy atom. The number of urea groups is 1. The van der Waals surface area contributed by atoms with Crippen molar-refractivity contribution in [2.24, 2.45) is 0 Å². The zero-order valence-electron chi connectivity index (χ0n) is 10.7. The average Bonchev–Trinajstić information content (AvgIpc) is 2.78. The lowest BCUT2D eigenvalue weighted by atomic mass is 10.2. The highest BCUT2D eigenvalue weighted by atomic mass is 16.4. The standard InChI is InChI=1S/C13H20N2O3/c1-3-6-10(2)14-13(18)15(9-12(16)17)11-7-4-5-8-11/h1,10-11H,4-9H2,2H3,(H,14,18)(H,16,17). The van der Waals surface area contributed by atoms with Gasteiger partial charge in [0.25, 0.3) is 0 Å². The molecule has 0 spiro atoms. The van der Waals surface area contributed by atoms with Crippen LogP contribution in [0.3, 0.4) is 0 Å². The van der Waals surface area contributed by atoms with Crippen LogP contribution < -0.4 is 5.32 Å². The van der Waals surface area contributed by atoms with Gasteiger partial charge in [0.1, 0.15) is 6.54 Å². The molecule has 2 amide bonds. The second kappa shape index (κ2) is 6.90. The highest BCUT2D eigenvalue weighted by Crippen LogP contribution is 2.23. The largest absolute Gasteiger partial charge is 0.480 e. The van der Waals surface area contributed by atoms with E-state index in [2.05, 4.69) is 11.2 Å². The monoisotopic (exact) mass is 252 g/mol. The van der Waals surface area contributed by atoms with Gasteiger partial charge < -0.3 is 15.3 Å². The van der Waals surface area contributed by atoms with E-state index in [1.54, 1.807) is 0 Å². The molecule has 100 valence electrons. The summed E-state index contributed by atoms with van der Waals surface area (Å²) in [5, 5.41) is 11.6. The van der Waals surface area contributed by atoms with Gasteiger partial charge in [-0.2, -0.15) is 0 Å². The number of hydrogen-bond donors (Lipinski definition) is 2. The Morgan fingerprint density at radius 2 is 2.11 bits per heavy atom. The molecule has 0 aromatic carbocycles. The van der Waals surface area contributed by atoms with E-state index >= 15 is 0 Å². The molecule has 0 aromatic heterocycles. The molecule has 2 N–H and O–H groups in total. The van der Waals surface area contributed by atoms with E-state index in [0.29, 0.717) is 6.42 Å². The number of aliphatic carboxylic acids is 1. The Morgan fingerprint density at radius 3 is 2.61 bits per heavy atom. The zero-order chi connectivity index (χ0) is 13.5. The van der Waals surface area contributed by atoms with Crippen molar-refractivity contribution < 1.29 is 14.7 Å². The van der Waals surface area contributed by atoms with Gasteiger partial charge in [0.05, 0.1) is 0 Å². The van der Waals surface area contributed by atoms with Crippen molar-refractivity contribution in [2.45, 2.75) is 51.1 Å². The van der Waals surface area contributed by atoms with E-state index in [9.17, 15) is 9.59 Å². The summed E-state index contributed by atoms with van der Waals surface area (Å²) in [6, 6.07) is -0.425. The molecule has 1 unspecified atom stereocenters. The fourth-order valence-electron chi connectivity index (χ4n) is 2.25. The van der Waals surface area contributed by atoms with Gasteiger partial charge >= 0.3 is 12.0 Å². The molecule has 5 heteroatoms. The van der Waals surface area contributed by atoms with Crippen molar-refractivity contribution in [1.82, 2.24) is 10.2 Å². The third-order valence-corrected chi connectivity index (χ3v) is 3.13. The Kier molecular flexibility index (Phi) is 5.50. The van der Waals surface area contributed by atoms with E-state index in [1.165, 1.54) is 4.90 Å². The number of rotatable bonds is 5. The molecular weight excluding hydrogens is 232 g/mol. The summed E-state index contributed by atoms with van der Waals surface area (Å²) >= 11 is 0. The molecule has 1 aliphatic carbocycles. The molecule has 1 atom stereocenters. The molecule has 18 heavy (non-hydrogen) atoms. The molecule has 1 aliphatic rings. The fourth-order valence-corrected chi connectivity index (χ4v) is 2.25. The van der Waals surface area contributed by atoms with Gasteiger partial charge in [-0.05, 0) is 19.8 Å².